The van der Waals surface area contributed by atoms with Gasteiger partial charge in [0.1, 0.15) is 17.7 Å². The Morgan fingerprint density at radius 3 is 2.81 bits per heavy atom. The molecule has 2 aliphatic rings. The molecule has 2 aromatic carbocycles. The maximum absolute atomic E-state index is 14.4. The molecular weight excluding hydrogens is 419 g/mol. The molecule has 2 aliphatic heterocycles. The Bertz CT molecular complexity index is 936. The van der Waals surface area contributed by atoms with E-state index >= 15 is 0 Å². The lowest BCUT2D eigenvalue weighted by atomic mass is 9.80. The van der Waals surface area contributed by atoms with Crippen LogP contribution < -0.4 is 4.74 Å². The normalized spacial score (nSPS) is 24.5. The van der Waals surface area contributed by atoms with E-state index in [1.54, 1.807) is 36.2 Å². The Morgan fingerprint density at radius 2 is 2.12 bits per heavy atom. The van der Waals surface area contributed by atoms with Gasteiger partial charge in [-0.2, -0.15) is 0 Å². The topological polar surface area (TPSA) is 41.9 Å². The first-order chi connectivity index (χ1) is 12.5. The van der Waals surface area contributed by atoms with E-state index in [2.05, 4.69) is 15.9 Å². The van der Waals surface area contributed by atoms with Crippen LogP contribution in [0.5, 0.6) is 5.75 Å². The van der Waals surface area contributed by atoms with Crippen molar-refractivity contribution in [1.29, 1.82) is 0 Å². The van der Waals surface area contributed by atoms with Gasteiger partial charge in [0.2, 0.25) is 0 Å². The highest BCUT2D eigenvalue weighted by atomic mass is 79.9. The van der Waals surface area contributed by atoms with E-state index in [4.69, 9.17) is 9.73 Å². The molecular formula is C19H16BrFN2O2S. The first kappa shape index (κ1) is 17.5. The molecule has 0 aromatic heterocycles. The predicted octanol–water partition coefficient (Wildman–Crippen LogP) is 4.50. The Labute approximate surface area is 163 Å². The fourth-order valence-corrected chi connectivity index (χ4v) is 4.52. The lowest BCUT2D eigenvalue weighted by Crippen LogP contribution is -2.42. The molecule has 2 aromatic rings. The van der Waals surface area contributed by atoms with Crippen molar-refractivity contribution >= 4 is 38.8 Å². The van der Waals surface area contributed by atoms with E-state index in [-0.39, 0.29) is 18.1 Å². The van der Waals surface area contributed by atoms with Gasteiger partial charge in [0.15, 0.2) is 10.7 Å². The number of hydrogen-bond acceptors (Lipinski definition) is 4. The van der Waals surface area contributed by atoms with E-state index in [1.807, 2.05) is 18.4 Å². The van der Waals surface area contributed by atoms with Gasteiger partial charge in [0.05, 0.1) is 0 Å². The largest absolute Gasteiger partial charge is 0.485 e. The molecule has 4 rings (SSSR count). The number of likely N-dealkylation sites (N-methyl/N-ethyl adjacent to an activating group) is 1. The quantitative estimate of drug-likeness (QED) is 0.663. The van der Waals surface area contributed by atoms with E-state index in [9.17, 15) is 9.18 Å². The molecule has 0 bridgehead atoms. The molecule has 1 amide bonds. The van der Waals surface area contributed by atoms with Gasteiger partial charge in [-0.3, -0.25) is 9.69 Å². The summed E-state index contributed by atoms with van der Waals surface area (Å²) < 4.78 is 21.3. The number of hydrogen-bond donors (Lipinski definition) is 0. The third-order valence-corrected chi connectivity index (χ3v) is 6.03. The number of carbonyl (C=O) groups excluding carboxylic acids is 1. The number of thioether (sulfide) groups is 1. The van der Waals surface area contributed by atoms with Gasteiger partial charge >= 0.3 is 0 Å². The summed E-state index contributed by atoms with van der Waals surface area (Å²) >= 11 is 4.89. The maximum Gasteiger partial charge on any atom is 0.261 e. The molecule has 0 saturated heterocycles. The summed E-state index contributed by atoms with van der Waals surface area (Å²) in [7, 11) is 1.72. The van der Waals surface area contributed by atoms with Crippen LogP contribution in [0.1, 0.15) is 23.7 Å². The third-order valence-electron chi connectivity index (χ3n) is 4.80. The molecule has 26 heavy (non-hydrogen) atoms. The summed E-state index contributed by atoms with van der Waals surface area (Å²) in [6, 6.07) is 12.0. The van der Waals surface area contributed by atoms with Gasteiger partial charge in [-0.05, 0) is 30.5 Å². The summed E-state index contributed by atoms with van der Waals surface area (Å²) in [6.07, 6.45) is 1.55. The van der Waals surface area contributed by atoms with Gasteiger partial charge in [-0.15, -0.1) is 0 Å². The monoisotopic (exact) mass is 434 g/mol. The average Bonchev–Trinajstić information content (AvgIpc) is 2.88. The Balaban J connectivity index is 1.91. The van der Waals surface area contributed by atoms with Crippen molar-refractivity contribution in [1.82, 2.24) is 4.90 Å². The van der Waals surface area contributed by atoms with Crippen LogP contribution in [0.2, 0.25) is 0 Å². The van der Waals surface area contributed by atoms with Crippen LogP contribution in [0.4, 0.5) is 4.39 Å². The van der Waals surface area contributed by atoms with Crippen molar-refractivity contribution in [3.63, 3.8) is 0 Å². The zero-order valence-electron chi connectivity index (χ0n) is 14.2. The zero-order valence-corrected chi connectivity index (χ0v) is 16.6. The fourth-order valence-electron chi connectivity index (χ4n) is 3.55. The molecule has 0 radical (unpaired) electrons. The van der Waals surface area contributed by atoms with E-state index in [1.165, 1.54) is 17.8 Å². The predicted molar refractivity (Wildman–Crippen MR) is 104 cm³/mol. The molecule has 2 unspecified atom stereocenters. The highest BCUT2D eigenvalue weighted by Crippen LogP contribution is 2.51. The number of aliphatic imine (C=N–C) groups is 1. The zero-order chi connectivity index (χ0) is 18.5. The van der Waals surface area contributed by atoms with Gasteiger partial charge in [-0.1, -0.05) is 45.9 Å². The van der Waals surface area contributed by atoms with Gasteiger partial charge in [0, 0.05) is 29.1 Å². The molecule has 7 heteroatoms. The molecule has 2 atom stereocenters. The Kier molecular flexibility index (Phi) is 4.31. The molecule has 0 N–H and O–H groups in total. The summed E-state index contributed by atoms with van der Waals surface area (Å²) in [4.78, 5) is 19.6. The van der Waals surface area contributed by atoms with Gasteiger partial charge in [-0.25, -0.2) is 9.38 Å². The van der Waals surface area contributed by atoms with E-state index in [0.717, 1.165) is 4.47 Å². The lowest BCUT2D eigenvalue weighted by molar-refractivity contribution is -0.132. The number of amidine groups is 1. The first-order valence-electron chi connectivity index (χ1n) is 8.09. The minimum absolute atomic E-state index is 0.120. The first-order valence-corrected chi connectivity index (χ1v) is 10.1. The molecule has 0 fully saturated rings. The van der Waals surface area contributed by atoms with Crippen molar-refractivity contribution in [2.45, 2.75) is 18.1 Å². The average molecular weight is 435 g/mol. The number of amides is 1. The Hall–Kier alpha value is -1.86. The molecule has 0 saturated carbocycles. The number of halogens is 2. The smallest absolute Gasteiger partial charge is 0.261 e. The van der Waals surface area contributed by atoms with Crippen LogP contribution in [0.25, 0.3) is 0 Å². The molecule has 1 spiro atoms. The standard InChI is InChI=1S/C19H16BrFN2O2S/c1-23-17(24)19(22-18(23)26-2)10-16(12-5-3-4-6-14(12)21)25-15-8-7-11(20)9-13(15)19/h3-9,16H,10H2,1-2H3. The highest BCUT2D eigenvalue weighted by Gasteiger charge is 2.54. The second-order valence-corrected chi connectivity index (χ2v) is 7.98. The van der Waals surface area contributed by atoms with Crippen molar-refractivity contribution in [2.75, 3.05) is 13.3 Å². The molecule has 134 valence electrons. The van der Waals surface area contributed by atoms with Crippen molar-refractivity contribution in [2.24, 2.45) is 4.99 Å². The van der Waals surface area contributed by atoms with Crippen LogP contribution in [0, 0.1) is 5.82 Å². The summed E-state index contributed by atoms with van der Waals surface area (Å²) in [5.74, 6) is 0.0903. The maximum atomic E-state index is 14.4. The number of ether oxygens (including phenoxy) is 1. The number of nitrogens with zero attached hydrogens (tertiary/aromatic N) is 2. The van der Waals surface area contributed by atoms with Crippen LogP contribution in [-0.2, 0) is 10.3 Å². The van der Waals surface area contributed by atoms with Gasteiger partial charge in [0.25, 0.3) is 5.91 Å². The summed E-state index contributed by atoms with van der Waals surface area (Å²) in [5.41, 5.74) is 0.0429. The van der Waals surface area contributed by atoms with E-state index in [0.29, 0.717) is 22.0 Å². The molecule has 4 nitrogen and oxygen atoms in total. The van der Waals surface area contributed by atoms with Crippen molar-refractivity contribution in [3.8, 4) is 5.75 Å². The number of carbonyl (C=O) groups is 1. The minimum atomic E-state index is -1.10. The highest BCUT2D eigenvalue weighted by molar-refractivity contribution is 9.10. The lowest BCUT2D eigenvalue weighted by Gasteiger charge is -2.37. The second-order valence-electron chi connectivity index (χ2n) is 6.30. The van der Waals surface area contributed by atoms with Crippen LogP contribution in [-0.4, -0.2) is 29.3 Å². The summed E-state index contributed by atoms with van der Waals surface area (Å²) in [5, 5.41) is 0.648. The fraction of sp³-hybridized carbons (Fsp3) is 0.263. The Morgan fingerprint density at radius 1 is 1.35 bits per heavy atom. The van der Waals surface area contributed by atoms with Crippen LogP contribution in [0.15, 0.2) is 51.9 Å². The SMILES string of the molecule is CSC1=NC2(CC(c3ccccc3F)Oc3ccc(Br)cc32)C(=O)N1C. The van der Waals surface area contributed by atoms with Crippen molar-refractivity contribution < 1.29 is 13.9 Å². The van der Waals surface area contributed by atoms with Gasteiger partial charge < -0.3 is 4.74 Å². The number of fused-ring (bicyclic) bond motifs is 2. The van der Waals surface area contributed by atoms with Crippen LogP contribution in [0.3, 0.4) is 0 Å². The van der Waals surface area contributed by atoms with E-state index < -0.39 is 11.6 Å². The minimum Gasteiger partial charge on any atom is -0.485 e. The molecule has 0 aliphatic carbocycles. The molecule has 2 heterocycles. The third kappa shape index (κ3) is 2.56. The second kappa shape index (κ2) is 6.39. The number of benzene rings is 2. The van der Waals surface area contributed by atoms with Crippen LogP contribution >= 0.6 is 27.7 Å². The van der Waals surface area contributed by atoms with Crippen molar-refractivity contribution in [3.05, 3.63) is 63.9 Å². The number of rotatable bonds is 1. The summed E-state index contributed by atoms with van der Waals surface area (Å²) in [6.45, 7) is 0.